The van der Waals surface area contributed by atoms with Gasteiger partial charge >= 0.3 is 68.9 Å². The van der Waals surface area contributed by atoms with Crippen molar-refractivity contribution in [1.82, 2.24) is 0 Å². The summed E-state index contributed by atoms with van der Waals surface area (Å²) < 4.78 is 0. The fourth-order valence-corrected chi connectivity index (χ4v) is 0. The van der Waals surface area contributed by atoms with Gasteiger partial charge < -0.3 is 5.11 Å². The van der Waals surface area contributed by atoms with Crippen LogP contribution in [0.25, 0.3) is 0 Å². The molecule has 0 aromatic rings. The summed E-state index contributed by atoms with van der Waals surface area (Å²) in [6.45, 7) is 1.57. The summed E-state index contributed by atoms with van der Waals surface area (Å²) in [7, 11) is 0. The van der Waals surface area contributed by atoms with Gasteiger partial charge in [-0.25, -0.2) is 0 Å². The number of hydrogen-bond acceptors (Lipinski definition) is 1. The van der Waals surface area contributed by atoms with Gasteiger partial charge in [0.1, 0.15) is 0 Å². The van der Waals surface area contributed by atoms with Gasteiger partial charge in [0, 0.05) is 0 Å². The Kier molecular flexibility index (Phi) is 20.9. The van der Waals surface area contributed by atoms with E-state index in [1.54, 1.807) is 6.92 Å². The third kappa shape index (κ3) is 8.99. The first-order valence-electron chi connectivity index (χ1n) is 0.996. The topological polar surface area (TPSA) is 23.1 Å². The van der Waals surface area contributed by atoms with Gasteiger partial charge in [0.05, 0.1) is 0 Å². The van der Waals surface area contributed by atoms with Crippen molar-refractivity contribution in [2.75, 3.05) is 6.61 Å². The maximum atomic E-state index is 8.93. The van der Waals surface area contributed by atoms with Crippen LogP contribution < -0.4 is 74.0 Å². The molecule has 0 bridgehead atoms. The molecule has 0 aliphatic carbocycles. The van der Waals surface area contributed by atoms with Gasteiger partial charge in [-0.15, -0.1) is 6.61 Å². The van der Waals surface area contributed by atoms with Crippen LogP contribution in [0.2, 0.25) is 0 Å². The summed E-state index contributed by atoms with van der Waals surface area (Å²) in [6.07, 6.45) is 0. The van der Waals surface area contributed by atoms with Crippen molar-refractivity contribution in [3.05, 3.63) is 0 Å². The molecule has 0 unspecified atom stereocenters. The molecule has 0 saturated heterocycles. The minimum Gasteiger partial charge on any atom is -0.855 e. The van der Waals surface area contributed by atoms with E-state index in [2.05, 4.69) is 0 Å². The second kappa shape index (κ2) is 8.89. The molecule has 2 heteroatoms. The van der Waals surface area contributed by atoms with E-state index in [0.29, 0.717) is 0 Å². The molecule has 0 amide bonds. The quantitative estimate of drug-likeness (QED) is 0.375. The van der Waals surface area contributed by atoms with Gasteiger partial charge in [0.2, 0.25) is 0 Å². The molecule has 0 fully saturated rings. The SMILES string of the molecule is CC[O-].[Cs+]. The third-order valence-electron chi connectivity index (χ3n) is 0. The van der Waals surface area contributed by atoms with E-state index in [1.807, 2.05) is 0 Å². The molecule has 0 atom stereocenters. The van der Waals surface area contributed by atoms with Crippen molar-refractivity contribution in [2.45, 2.75) is 6.92 Å². The Bertz CT molecular complexity index is 6.00. The van der Waals surface area contributed by atoms with Crippen LogP contribution in [0.3, 0.4) is 0 Å². The number of rotatable bonds is 0. The molecule has 20 valence electrons. The smallest absolute Gasteiger partial charge is 0.855 e. The van der Waals surface area contributed by atoms with Gasteiger partial charge in [0.15, 0.2) is 0 Å². The molecule has 0 aliphatic heterocycles. The van der Waals surface area contributed by atoms with Gasteiger partial charge in [-0.3, -0.25) is 0 Å². The van der Waals surface area contributed by atoms with E-state index in [0.717, 1.165) is 0 Å². The van der Waals surface area contributed by atoms with Gasteiger partial charge in [-0.1, -0.05) is 6.92 Å². The zero-order chi connectivity index (χ0) is 2.71. The van der Waals surface area contributed by atoms with E-state index >= 15 is 0 Å². The molecular weight excluding hydrogens is 173 g/mol. The van der Waals surface area contributed by atoms with Crippen molar-refractivity contribution in [1.29, 1.82) is 0 Å². The summed E-state index contributed by atoms with van der Waals surface area (Å²) in [4.78, 5) is 0. The number of hydrogen-bond donors (Lipinski definition) is 0. The molecule has 0 aromatic heterocycles. The van der Waals surface area contributed by atoms with Crippen LogP contribution >= 0.6 is 0 Å². The molecule has 0 radical (unpaired) electrons. The van der Waals surface area contributed by atoms with Crippen LogP contribution in [0.1, 0.15) is 6.92 Å². The zero-order valence-corrected chi connectivity index (χ0v) is 9.40. The summed E-state index contributed by atoms with van der Waals surface area (Å²) in [5, 5.41) is 8.93. The minimum absolute atomic E-state index is 0. The fraction of sp³-hybridized carbons (Fsp3) is 1.00. The van der Waals surface area contributed by atoms with Crippen LogP contribution in [0.5, 0.6) is 0 Å². The molecule has 0 N–H and O–H groups in total. The minimum atomic E-state index is 0. The Balaban J connectivity index is 0. The van der Waals surface area contributed by atoms with Crippen molar-refractivity contribution in [3.8, 4) is 0 Å². The van der Waals surface area contributed by atoms with E-state index in [4.69, 9.17) is 5.11 Å². The van der Waals surface area contributed by atoms with Gasteiger partial charge in [-0.2, -0.15) is 0 Å². The van der Waals surface area contributed by atoms with Crippen LogP contribution in [-0.4, -0.2) is 6.61 Å². The Morgan fingerprint density at radius 3 is 1.75 bits per heavy atom. The first-order chi connectivity index (χ1) is 1.41. The Morgan fingerprint density at radius 1 is 1.75 bits per heavy atom. The summed E-state index contributed by atoms with van der Waals surface area (Å²) in [5.41, 5.74) is 0. The Hall–Kier alpha value is 2.01. The van der Waals surface area contributed by atoms with Crippen LogP contribution in [0, 0.1) is 0 Å². The standard InChI is InChI=1S/C2H5O.Cs/c1-2-3;/h2H2,1H3;/q-1;+1. The Labute approximate surface area is 85.2 Å². The van der Waals surface area contributed by atoms with Crippen molar-refractivity contribution in [3.63, 3.8) is 0 Å². The van der Waals surface area contributed by atoms with Crippen LogP contribution in [-0.2, 0) is 0 Å². The molecule has 0 spiro atoms. The van der Waals surface area contributed by atoms with E-state index in [9.17, 15) is 0 Å². The summed E-state index contributed by atoms with van der Waals surface area (Å²) >= 11 is 0. The maximum Gasteiger partial charge on any atom is 1.00 e. The molecular formula is C2H5CsO. The molecule has 0 heterocycles. The second-order valence-electron chi connectivity index (χ2n) is 0.289. The van der Waals surface area contributed by atoms with Crippen molar-refractivity contribution < 1.29 is 74.0 Å². The summed E-state index contributed by atoms with van der Waals surface area (Å²) in [5.74, 6) is 0. The van der Waals surface area contributed by atoms with Gasteiger partial charge in [0.25, 0.3) is 0 Å². The van der Waals surface area contributed by atoms with Crippen molar-refractivity contribution in [2.24, 2.45) is 0 Å². The second-order valence-corrected chi connectivity index (χ2v) is 0.289. The summed E-state index contributed by atoms with van der Waals surface area (Å²) in [6, 6.07) is 0. The average Bonchev–Trinajstić information content (AvgIpc) is 0.918. The molecule has 4 heavy (non-hydrogen) atoms. The van der Waals surface area contributed by atoms with Crippen LogP contribution in [0.15, 0.2) is 0 Å². The van der Waals surface area contributed by atoms with Gasteiger partial charge in [-0.05, 0) is 0 Å². The fourth-order valence-electron chi connectivity index (χ4n) is 0. The van der Waals surface area contributed by atoms with Crippen molar-refractivity contribution >= 4 is 0 Å². The van der Waals surface area contributed by atoms with Crippen LogP contribution in [0.4, 0.5) is 0 Å². The van der Waals surface area contributed by atoms with E-state index < -0.39 is 0 Å². The molecule has 0 aliphatic rings. The maximum absolute atomic E-state index is 8.93. The molecule has 0 rings (SSSR count). The first-order valence-corrected chi connectivity index (χ1v) is 0.996. The third-order valence-corrected chi connectivity index (χ3v) is 0. The van der Waals surface area contributed by atoms with E-state index in [-0.39, 0.29) is 75.5 Å². The monoisotopic (exact) mass is 178 g/mol. The predicted molar refractivity (Wildman–Crippen MR) is 10.5 cm³/mol. The average molecular weight is 178 g/mol. The molecule has 1 nitrogen and oxygen atoms in total. The molecule has 0 aromatic carbocycles. The molecule has 0 saturated carbocycles. The first kappa shape index (κ1) is 9.38. The predicted octanol–water partition coefficient (Wildman–Crippen LogP) is -3.63. The zero-order valence-electron chi connectivity index (χ0n) is 3.12. The Morgan fingerprint density at radius 2 is 1.75 bits per heavy atom. The largest absolute Gasteiger partial charge is 1.00 e. The normalized spacial score (nSPS) is 4.50. The van der Waals surface area contributed by atoms with E-state index in [1.165, 1.54) is 0 Å².